The molecule has 0 saturated heterocycles. The van der Waals surface area contributed by atoms with Crippen molar-refractivity contribution in [3.8, 4) is 0 Å². The van der Waals surface area contributed by atoms with E-state index in [0.29, 0.717) is 18.7 Å². The lowest BCUT2D eigenvalue weighted by atomic mass is 10.2. The van der Waals surface area contributed by atoms with E-state index < -0.39 is 0 Å². The highest BCUT2D eigenvalue weighted by Crippen LogP contribution is 2.14. The Morgan fingerprint density at radius 1 is 1.27 bits per heavy atom. The largest absolute Gasteiger partial charge is 0.357 e. The van der Waals surface area contributed by atoms with Crippen LogP contribution in [0.4, 0.5) is 0 Å². The Kier molecular flexibility index (Phi) is 7.72. The van der Waals surface area contributed by atoms with Gasteiger partial charge in [-0.25, -0.2) is 0 Å². The van der Waals surface area contributed by atoms with E-state index >= 15 is 0 Å². The van der Waals surface area contributed by atoms with Crippen LogP contribution in [-0.2, 0) is 13.6 Å². The van der Waals surface area contributed by atoms with E-state index in [1.54, 1.807) is 12.1 Å². The van der Waals surface area contributed by atoms with Crippen LogP contribution in [0, 0.1) is 0 Å². The quantitative estimate of drug-likeness (QED) is 0.411. The summed E-state index contributed by atoms with van der Waals surface area (Å²) < 4.78 is 3.15. The lowest BCUT2D eigenvalue weighted by Gasteiger charge is -2.22. The SMILES string of the molecule is CCNC(=NCCNC(=O)c1ccccc1)N(C)Cc1cc(Br)cn1C. The van der Waals surface area contributed by atoms with Gasteiger partial charge in [-0.15, -0.1) is 0 Å². The first-order chi connectivity index (χ1) is 12.5. The number of rotatable bonds is 7. The lowest BCUT2D eigenvalue weighted by Crippen LogP contribution is -2.39. The van der Waals surface area contributed by atoms with Gasteiger partial charge in [-0.3, -0.25) is 9.79 Å². The Hall–Kier alpha value is -2.28. The minimum Gasteiger partial charge on any atom is -0.357 e. The molecule has 1 aromatic heterocycles. The summed E-state index contributed by atoms with van der Waals surface area (Å²) in [7, 11) is 4.03. The molecular weight excluding hydrogens is 394 g/mol. The molecule has 2 N–H and O–H groups in total. The molecule has 1 heterocycles. The zero-order valence-corrected chi connectivity index (χ0v) is 17.1. The van der Waals surface area contributed by atoms with Crippen LogP contribution in [0.1, 0.15) is 23.0 Å². The Morgan fingerprint density at radius 3 is 2.62 bits per heavy atom. The van der Waals surface area contributed by atoms with Gasteiger partial charge in [0.05, 0.1) is 13.1 Å². The first-order valence-corrected chi connectivity index (χ1v) is 9.44. The fourth-order valence-electron chi connectivity index (χ4n) is 2.53. The molecule has 0 unspecified atom stereocenters. The summed E-state index contributed by atoms with van der Waals surface area (Å²) in [5.41, 5.74) is 1.84. The second kappa shape index (κ2) is 10.0. The van der Waals surface area contributed by atoms with E-state index in [0.717, 1.165) is 23.5 Å². The molecule has 2 aromatic rings. The fraction of sp³-hybridized carbons (Fsp3) is 0.368. The van der Waals surface area contributed by atoms with Gasteiger partial charge in [-0.1, -0.05) is 18.2 Å². The van der Waals surface area contributed by atoms with E-state index in [4.69, 9.17) is 0 Å². The first kappa shape index (κ1) is 20.0. The number of nitrogens with zero attached hydrogens (tertiary/aromatic N) is 3. The highest BCUT2D eigenvalue weighted by atomic mass is 79.9. The molecule has 0 spiro atoms. The predicted octanol–water partition coefficient (Wildman–Crippen LogP) is 2.61. The van der Waals surface area contributed by atoms with Gasteiger partial charge in [-0.2, -0.15) is 0 Å². The normalized spacial score (nSPS) is 11.3. The van der Waals surface area contributed by atoms with Gasteiger partial charge in [0, 0.05) is 49.1 Å². The molecule has 0 fully saturated rings. The van der Waals surface area contributed by atoms with Crippen LogP contribution < -0.4 is 10.6 Å². The number of benzene rings is 1. The van der Waals surface area contributed by atoms with Gasteiger partial charge >= 0.3 is 0 Å². The number of aromatic nitrogens is 1. The minimum atomic E-state index is -0.0761. The van der Waals surface area contributed by atoms with Crippen LogP contribution >= 0.6 is 15.9 Å². The molecular formula is C19H26BrN5O. The predicted molar refractivity (Wildman–Crippen MR) is 109 cm³/mol. The number of hydrogen-bond donors (Lipinski definition) is 2. The lowest BCUT2D eigenvalue weighted by molar-refractivity contribution is 0.0955. The van der Waals surface area contributed by atoms with Gasteiger partial charge in [-0.05, 0) is 41.1 Å². The Morgan fingerprint density at radius 2 is 2.00 bits per heavy atom. The fourth-order valence-corrected chi connectivity index (χ4v) is 3.11. The third-order valence-electron chi connectivity index (χ3n) is 3.87. The highest BCUT2D eigenvalue weighted by Gasteiger charge is 2.09. The molecule has 0 aliphatic carbocycles. The summed E-state index contributed by atoms with van der Waals surface area (Å²) >= 11 is 3.50. The maximum Gasteiger partial charge on any atom is 0.251 e. The summed E-state index contributed by atoms with van der Waals surface area (Å²) in [4.78, 5) is 18.7. The second-order valence-corrected chi connectivity index (χ2v) is 6.89. The molecule has 0 aliphatic heterocycles. The molecule has 0 aliphatic rings. The second-order valence-electron chi connectivity index (χ2n) is 5.97. The van der Waals surface area contributed by atoms with Crippen molar-refractivity contribution in [2.75, 3.05) is 26.7 Å². The molecule has 26 heavy (non-hydrogen) atoms. The third kappa shape index (κ3) is 5.91. The smallest absolute Gasteiger partial charge is 0.251 e. The average molecular weight is 420 g/mol. The first-order valence-electron chi connectivity index (χ1n) is 8.64. The maximum atomic E-state index is 12.0. The van der Waals surface area contributed by atoms with Crippen molar-refractivity contribution in [1.29, 1.82) is 0 Å². The molecule has 0 radical (unpaired) electrons. The number of aliphatic imine (C=N–C) groups is 1. The van der Waals surface area contributed by atoms with Gasteiger partial charge in [0.2, 0.25) is 0 Å². The topological polar surface area (TPSA) is 61.7 Å². The van der Waals surface area contributed by atoms with Crippen molar-refractivity contribution in [1.82, 2.24) is 20.1 Å². The molecule has 1 aromatic carbocycles. The maximum absolute atomic E-state index is 12.0. The average Bonchev–Trinajstić information content (AvgIpc) is 2.95. The van der Waals surface area contributed by atoms with Crippen LogP contribution in [0.15, 0.2) is 52.1 Å². The summed E-state index contributed by atoms with van der Waals surface area (Å²) in [6, 6.07) is 11.3. The third-order valence-corrected chi connectivity index (χ3v) is 4.30. The van der Waals surface area contributed by atoms with E-state index in [9.17, 15) is 4.79 Å². The number of hydrogen-bond acceptors (Lipinski definition) is 2. The van der Waals surface area contributed by atoms with Crippen LogP contribution in [-0.4, -0.2) is 48.0 Å². The van der Waals surface area contributed by atoms with E-state index in [1.807, 2.05) is 45.4 Å². The van der Waals surface area contributed by atoms with Crippen LogP contribution in [0.2, 0.25) is 0 Å². The molecule has 0 atom stereocenters. The molecule has 0 bridgehead atoms. The van der Waals surface area contributed by atoms with Crippen molar-refractivity contribution in [3.63, 3.8) is 0 Å². The number of nitrogens with one attached hydrogen (secondary N) is 2. The van der Waals surface area contributed by atoms with Gasteiger partial charge in [0.15, 0.2) is 5.96 Å². The molecule has 2 rings (SSSR count). The van der Waals surface area contributed by atoms with Crippen LogP contribution in [0.5, 0.6) is 0 Å². The number of carbonyl (C=O) groups excluding carboxylic acids is 1. The number of carbonyl (C=O) groups is 1. The standard InChI is InChI=1S/C19H26BrN5O/c1-4-21-19(25(3)14-17-12-16(20)13-24(17)2)23-11-10-22-18(26)15-8-6-5-7-9-15/h5-9,12-13H,4,10-11,14H2,1-3H3,(H,21,23)(H,22,26). The molecule has 1 amide bonds. The molecule has 140 valence electrons. The Balaban J connectivity index is 1.89. The van der Waals surface area contributed by atoms with Gasteiger partial charge in [0.1, 0.15) is 0 Å². The van der Waals surface area contributed by atoms with Gasteiger partial charge in [0.25, 0.3) is 5.91 Å². The summed E-state index contributed by atoms with van der Waals surface area (Å²) in [6.07, 6.45) is 2.03. The number of aryl methyl sites for hydroxylation is 1. The summed E-state index contributed by atoms with van der Waals surface area (Å²) in [6.45, 7) is 4.58. The van der Waals surface area contributed by atoms with Gasteiger partial charge < -0.3 is 20.1 Å². The molecule has 7 heteroatoms. The van der Waals surface area contributed by atoms with E-state index in [-0.39, 0.29) is 5.91 Å². The summed E-state index contributed by atoms with van der Waals surface area (Å²) in [5.74, 6) is 0.742. The summed E-state index contributed by atoms with van der Waals surface area (Å²) in [5, 5.41) is 6.19. The Labute approximate surface area is 163 Å². The molecule has 0 saturated carbocycles. The monoisotopic (exact) mass is 419 g/mol. The van der Waals surface area contributed by atoms with Crippen LogP contribution in [0.3, 0.4) is 0 Å². The van der Waals surface area contributed by atoms with E-state index in [2.05, 4.69) is 47.1 Å². The zero-order chi connectivity index (χ0) is 18.9. The number of amides is 1. The highest BCUT2D eigenvalue weighted by molar-refractivity contribution is 9.10. The van der Waals surface area contributed by atoms with Crippen molar-refractivity contribution >= 4 is 27.8 Å². The van der Waals surface area contributed by atoms with E-state index in [1.165, 1.54) is 5.69 Å². The number of guanidine groups is 1. The van der Waals surface area contributed by atoms with Crippen molar-refractivity contribution in [2.24, 2.45) is 12.0 Å². The van der Waals surface area contributed by atoms with Crippen molar-refractivity contribution < 1.29 is 4.79 Å². The van der Waals surface area contributed by atoms with Crippen LogP contribution in [0.25, 0.3) is 0 Å². The minimum absolute atomic E-state index is 0.0761. The molecule has 6 nitrogen and oxygen atoms in total. The van der Waals surface area contributed by atoms with Crippen molar-refractivity contribution in [2.45, 2.75) is 13.5 Å². The Bertz CT molecular complexity index is 742. The van der Waals surface area contributed by atoms with Crippen molar-refractivity contribution in [3.05, 3.63) is 58.3 Å². The number of halogens is 1. The zero-order valence-electron chi connectivity index (χ0n) is 15.5.